The molecule has 0 amide bonds. The highest BCUT2D eigenvalue weighted by molar-refractivity contribution is 5.31. The maximum Gasteiger partial charge on any atom is 0.0576 e. The monoisotopic (exact) mass is 265 g/mol. The first-order chi connectivity index (χ1) is 9.93. The SMILES string of the molecule is c1ccc(C(NCCC2CCC2)c2ccccc2)cc1. The zero-order valence-corrected chi connectivity index (χ0v) is 12.0. The van der Waals surface area contributed by atoms with Crippen LogP contribution in [-0.4, -0.2) is 6.54 Å². The molecular weight excluding hydrogens is 242 g/mol. The second-order valence-electron chi connectivity index (χ2n) is 5.79. The largest absolute Gasteiger partial charge is 0.306 e. The van der Waals surface area contributed by atoms with Gasteiger partial charge in [-0.15, -0.1) is 0 Å². The van der Waals surface area contributed by atoms with Gasteiger partial charge in [0.05, 0.1) is 6.04 Å². The minimum Gasteiger partial charge on any atom is -0.306 e. The van der Waals surface area contributed by atoms with Crippen LogP contribution in [0.25, 0.3) is 0 Å². The number of nitrogens with one attached hydrogen (secondary N) is 1. The molecule has 1 N–H and O–H groups in total. The standard InChI is InChI=1S/C19H23N/c1-3-10-17(11-4-1)19(18-12-5-2-6-13-18)20-15-14-16-8-7-9-16/h1-6,10-13,16,19-20H,7-9,14-15H2. The number of rotatable bonds is 6. The molecule has 0 aliphatic heterocycles. The Bertz CT molecular complexity index is 462. The average molecular weight is 265 g/mol. The van der Waals surface area contributed by atoms with Crippen molar-refractivity contribution in [3.63, 3.8) is 0 Å². The van der Waals surface area contributed by atoms with E-state index in [-0.39, 0.29) is 0 Å². The summed E-state index contributed by atoms with van der Waals surface area (Å²) in [6, 6.07) is 21.8. The van der Waals surface area contributed by atoms with Crippen molar-refractivity contribution in [3.05, 3.63) is 71.8 Å². The van der Waals surface area contributed by atoms with Crippen LogP contribution in [0.2, 0.25) is 0 Å². The molecule has 2 aromatic carbocycles. The first kappa shape index (κ1) is 13.4. The Balaban J connectivity index is 1.70. The summed E-state index contributed by atoms with van der Waals surface area (Å²) in [7, 11) is 0. The van der Waals surface area contributed by atoms with Gasteiger partial charge in [0.2, 0.25) is 0 Å². The Morgan fingerprint density at radius 2 is 1.40 bits per heavy atom. The molecule has 0 saturated heterocycles. The molecule has 2 aromatic rings. The van der Waals surface area contributed by atoms with E-state index < -0.39 is 0 Å². The Morgan fingerprint density at radius 3 is 1.85 bits per heavy atom. The molecule has 0 bridgehead atoms. The summed E-state index contributed by atoms with van der Waals surface area (Å²) in [6.45, 7) is 1.11. The van der Waals surface area contributed by atoms with Gasteiger partial charge < -0.3 is 5.32 Å². The van der Waals surface area contributed by atoms with Gasteiger partial charge in [-0.25, -0.2) is 0 Å². The fourth-order valence-electron chi connectivity index (χ4n) is 2.93. The van der Waals surface area contributed by atoms with Crippen molar-refractivity contribution in [1.29, 1.82) is 0 Å². The van der Waals surface area contributed by atoms with Crippen LogP contribution < -0.4 is 5.32 Å². The summed E-state index contributed by atoms with van der Waals surface area (Å²) in [6.07, 6.45) is 5.62. The van der Waals surface area contributed by atoms with E-state index in [4.69, 9.17) is 0 Å². The van der Waals surface area contributed by atoms with Gasteiger partial charge in [0.25, 0.3) is 0 Å². The lowest BCUT2D eigenvalue weighted by Gasteiger charge is -2.27. The maximum absolute atomic E-state index is 3.75. The summed E-state index contributed by atoms with van der Waals surface area (Å²) in [5.41, 5.74) is 2.71. The molecular formula is C19H23N. The summed E-state index contributed by atoms with van der Waals surface area (Å²) < 4.78 is 0. The summed E-state index contributed by atoms with van der Waals surface area (Å²) in [5, 5.41) is 3.75. The molecule has 104 valence electrons. The van der Waals surface area contributed by atoms with E-state index >= 15 is 0 Å². The Morgan fingerprint density at radius 1 is 0.850 bits per heavy atom. The molecule has 20 heavy (non-hydrogen) atoms. The van der Waals surface area contributed by atoms with Crippen molar-refractivity contribution in [3.8, 4) is 0 Å². The molecule has 0 atom stereocenters. The molecule has 0 unspecified atom stereocenters. The van der Waals surface area contributed by atoms with E-state index in [9.17, 15) is 0 Å². The zero-order chi connectivity index (χ0) is 13.6. The second-order valence-corrected chi connectivity index (χ2v) is 5.79. The average Bonchev–Trinajstić information content (AvgIpc) is 2.47. The third-order valence-electron chi connectivity index (χ3n) is 4.39. The maximum atomic E-state index is 3.75. The first-order valence-electron chi connectivity index (χ1n) is 7.77. The number of benzene rings is 2. The smallest absolute Gasteiger partial charge is 0.0576 e. The van der Waals surface area contributed by atoms with Gasteiger partial charge in [0.15, 0.2) is 0 Å². The van der Waals surface area contributed by atoms with E-state index in [1.165, 1.54) is 36.8 Å². The first-order valence-corrected chi connectivity index (χ1v) is 7.77. The molecule has 1 heteroatoms. The molecule has 1 aliphatic carbocycles. The normalized spacial score (nSPS) is 15.2. The fraction of sp³-hybridized carbons (Fsp3) is 0.368. The summed E-state index contributed by atoms with van der Waals surface area (Å²) >= 11 is 0. The Labute approximate surface area is 122 Å². The number of hydrogen-bond acceptors (Lipinski definition) is 1. The van der Waals surface area contributed by atoms with Crippen LogP contribution in [0.15, 0.2) is 60.7 Å². The lowest BCUT2D eigenvalue weighted by atomic mass is 9.83. The van der Waals surface area contributed by atoms with Crippen LogP contribution >= 0.6 is 0 Å². The molecule has 0 radical (unpaired) electrons. The van der Waals surface area contributed by atoms with Crippen LogP contribution in [0, 0.1) is 5.92 Å². The molecule has 1 fully saturated rings. The molecule has 0 heterocycles. The minimum absolute atomic E-state index is 0.317. The van der Waals surface area contributed by atoms with Crippen LogP contribution in [0.4, 0.5) is 0 Å². The highest BCUT2D eigenvalue weighted by atomic mass is 14.9. The quantitative estimate of drug-likeness (QED) is 0.807. The Hall–Kier alpha value is -1.60. The Kier molecular flexibility index (Phi) is 4.49. The van der Waals surface area contributed by atoms with Crippen molar-refractivity contribution in [2.45, 2.75) is 31.7 Å². The van der Waals surface area contributed by atoms with Crippen molar-refractivity contribution in [2.24, 2.45) is 5.92 Å². The van der Waals surface area contributed by atoms with Crippen molar-refractivity contribution in [1.82, 2.24) is 5.32 Å². The fourth-order valence-corrected chi connectivity index (χ4v) is 2.93. The third-order valence-corrected chi connectivity index (χ3v) is 4.39. The van der Waals surface area contributed by atoms with Gasteiger partial charge in [-0.1, -0.05) is 79.9 Å². The van der Waals surface area contributed by atoms with Crippen LogP contribution in [0.5, 0.6) is 0 Å². The van der Waals surface area contributed by atoms with Crippen LogP contribution in [0.3, 0.4) is 0 Å². The lowest BCUT2D eigenvalue weighted by Crippen LogP contribution is -2.26. The molecule has 0 spiro atoms. The summed E-state index contributed by atoms with van der Waals surface area (Å²) in [4.78, 5) is 0. The van der Waals surface area contributed by atoms with Gasteiger partial charge in [0, 0.05) is 0 Å². The van der Waals surface area contributed by atoms with Crippen LogP contribution in [0.1, 0.15) is 42.9 Å². The van der Waals surface area contributed by atoms with E-state index in [0.717, 1.165) is 12.5 Å². The molecule has 3 rings (SSSR count). The van der Waals surface area contributed by atoms with Gasteiger partial charge in [-0.2, -0.15) is 0 Å². The van der Waals surface area contributed by atoms with Gasteiger partial charge in [-0.05, 0) is 30.0 Å². The van der Waals surface area contributed by atoms with E-state index in [1.54, 1.807) is 0 Å². The van der Waals surface area contributed by atoms with E-state index in [2.05, 4.69) is 66.0 Å². The molecule has 0 aromatic heterocycles. The van der Waals surface area contributed by atoms with Gasteiger partial charge in [-0.3, -0.25) is 0 Å². The number of hydrogen-bond donors (Lipinski definition) is 1. The summed E-state index contributed by atoms with van der Waals surface area (Å²) in [5.74, 6) is 0.967. The molecule has 1 aliphatic rings. The predicted octanol–water partition coefficient (Wildman–Crippen LogP) is 4.56. The van der Waals surface area contributed by atoms with E-state index in [0.29, 0.717) is 6.04 Å². The highest BCUT2D eigenvalue weighted by Crippen LogP contribution is 2.29. The molecule has 1 nitrogen and oxygen atoms in total. The minimum atomic E-state index is 0.317. The van der Waals surface area contributed by atoms with E-state index in [1.807, 2.05) is 0 Å². The third kappa shape index (κ3) is 3.29. The van der Waals surface area contributed by atoms with Gasteiger partial charge in [0.1, 0.15) is 0 Å². The second kappa shape index (κ2) is 6.71. The van der Waals surface area contributed by atoms with Crippen molar-refractivity contribution < 1.29 is 0 Å². The van der Waals surface area contributed by atoms with Crippen molar-refractivity contribution >= 4 is 0 Å². The zero-order valence-electron chi connectivity index (χ0n) is 12.0. The lowest BCUT2D eigenvalue weighted by molar-refractivity contribution is 0.290. The predicted molar refractivity (Wildman–Crippen MR) is 84.7 cm³/mol. The van der Waals surface area contributed by atoms with Crippen LogP contribution in [-0.2, 0) is 0 Å². The molecule has 1 saturated carbocycles. The highest BCUT2D eigenvalue weighted by Gasteiger charge is 2.18. The van der Waals surface area contributed by atoms with Crippen molar-refractivity contribution in [2.75, 3.05) is 6.54 Å². The van der Waals surface area contributed by atoms with Gasteiger partial charge >= 0.3 is 0 Å². The topological polar surface area (TPSA) is 12.0 Å².